The normalized spacial score (nSPS) is 10.6. The molecule has 6 nitrogen and oxygen atoms in total. The second kappa shape index (κ2) is 10.7. The van der Waals surface area contributed by atoms with Gasteiger partial charge in [-0.15, -0.1) is 0 Å². The molecule has 0 aliphatic rings. The Hall–Kier alpha value is -3.80. The van der Waals surface area contributed by atoms with Crippen molar-refractivity contribution in [2.45, 2.75) is 13.5 Å². The molecule has 0 aliphatic heterocycles. The molecule has 0 fully saturated rings. The van der Waals surface area contributed by atoms with Gasteiger partial charge in [-0.05, 0) is 60.5 Å². The summed E-state index contributed by atoms with van der Waals surface area (Å²) in [6.45, 7) is 2.86. The number of hydrogen-bond acceptors (Lipinski definition) is 5. The fourth-order valence-electron chi connectivity index (χ4n) is 2.71. The number of benzene rings is 3. The van der Waals surface area contributed by atoms with Crippen molar-refractivity contribution in [3.63, 3.8) is 0 Å². The highest BCUT2D eigenvalue weighted by atomic mass is 16.5. The second-order valence-electron chi connectivity index (χ2n) is 6.34. The molecule has 3 aromatic rings. The van der Waals surface area contributed by atoms with Crippen LogP contribution in [-0.4, -0.2) is 25.8 Å². The molecule has 154 valence electrons. The van der Waals surface area contributed by atoms with E-state index < -0.39 is 0 Å². The van der Waals surface area contributed by atoms with Gasteiger partial charge in [-0.3, -0.25) is 4.79 Å². The maximum atomic E-state index is 12.3. The summed E-state index contributed by atoms with van der Waals surface area (Å²) >= 11 is 0. The van der Waals surface area contributed by atoms with E-state index in [1.54, 1.807) is 31.5 Å². The van der Waals surface area contributed by atoms with Crippen LogP contribution in [-0.2, 0) is 6.61 Å². The zero-order valence-electron chi connectivity index (χ0n) is 17.0. The molecule has 0 atom stereocenters. The first-order chi connectivity index (χ1) is 14.7. The monoisotopic (exact) mass is 404 g/mol. The Balaban J connectivity index is 1.54. The number of nitrogens with zero attached hydrogens (tertiary/aromatic N) is 1. The van der Waals surface area contributed by atoms with E-state index >= 15 is 0 Å². The molecular formula is C24H24N2O4. The van der Waals surface area contributed by atoms with Crippen LogP contribution in [0.1, 0.15) is 28.4 Å². The van der Waals surface area contributed by atoms with E-state index in [1.165, 1.54) is 0 Å². The van der Waals surface area contributed by atoms with E-state index in [-0.39, 0.29) is 5.91 Å². The third-order valence-corrected chi connectivity index (χ3v) is 4.23. The molecule has 0 heterocycles. The van der Waals surface area contributed by atoms with Gasteiger partial charge in [-0.2, -0.15) is 5.10 Å². The summed E-state index contributed by atoms with van der Waals surface area (Å²) < 4.78 is 16.5. The summed E-state index contributed by atoms with van der Waals surface area (Å²) in [6.07, 6.45) is 1.58. The van der Waals surface area contributed by atoms with Gasteiger partial charge in [0.2, 0.25) is 0 Å². The van der Waals surface area contributed by atoms with Crippen LogP contribution in [0.25, 0.3) is 0 Å². The van der Waals surface area contributed by atoms with E-state index in [2.05, 4.69) is 10.5 Å². The van der Waals surface area contributed by atoms with Gasteiger partial charge in [0, 0.05) is 5.56 Å². The SMILES string of the molecule is CCOc1cc(C(=O)N/N=C/c2ccc(OCc3ccccc3)cc2)ccc1OC. The Labute approximate surface area is 176 Å². The Kier molecular flexibility index (Phi) is 7.44. The lowest BCUT2D eigenvalue weighted by molar-refractivity contribution is 0.0954. The Morgan fingerprint density at radius 2 is 1.73 bits per heavy atom. The lowest BCUT2D eigenvalue weighted by atomic mass is 10.2. The summed E-state index contributed by atoms with van der Waals surface area (Å²) in [5.41, 5.74) is 4.90. The average Bonchev–Trinajstić information content (AvgIpc) is 2.79. The van der Waals surface area contributed by atoms with Crippen LogP contribution in [0.15, 0.2) is 77.9 Å². The van der Waals surface area contributed by atoms with Crippen molar-refractivity contribution in [2.75, 3.05) is 13.7 Å². The molecule has 0 spiro atoms. The summed E-state index contributed by atoms with van der Waals surface area (Å²) in [5, 5.41) is 4.02. The first-order valence-electron chi connectivity index (χ1n) is 9.60. The quantitative estimate of drug-likeness (QED) is 0.423. The highest BCUT2D eigenvalue weighted by Gasteiger charge is 2.10. The number of rotatable bonds is 9. The van der Waals surface area contributed by atoms with Crippen LogP contribution in [0.4, 0.5) is 0 Å². The van der Waals surface area contributed by atoms with Gasteiger partial charge in [0.05, 0.1) is 19.9 Å². The minimum atomic E-state index is -0.335. The predicted molar refractivity (Wildman–Crippen MR) is 116 cm³/mol. The number of amides is 1. The van der Waals surface area contributed by atoms with Gasteiger partial charge in [0.1, 0.15) is 12.4 Å². The van der Waals surface area contributed by atoms with E-state index in [4.69, 9.17) is 14.2 Å². The smallest absolute Gasteiger partial charge is 0.271 e. The van der Waals surface area contributed by atoms with Crippen molar-refractivity contribution in [3.05, 3.63) is 89.5 Å². The fraction of sp³-hybridized carbons (Fsp3) is 0.167. The van der Waals surface area contributed by atoms with Crippen LogP contribution >= 0.6 is 0 Å². The highest BCUT2D eigenvalue weighted by Crippen LogP contribution is 2.28. The minimum Gasteiger partial charge on any atom is -0.493 e. The summed E-state index contributed by atoms with van der Waals surface area (Å²) in [4.78, 5) is 12.3. The van der Waals surface area contributed by atoms with Crippen LogP contribution in [0.2, 0.25) is 0 Å². The number of hydrogen-bond donors (Lipinski definition) is 1. The van der Waals surface area contributed by atoms with Crippen molar-refractivity contribution in [1.82, 2.24) is 5.43 Å². The van der Waals surface area contributed by atoms with Gasteiger partial charge in [-0.25, -0.2) is 5.43 Å². The Morgan fingerprint density at radius 3 is 2.43 bits per heavy atom. The number of methoxy groups -OCH3 is 1. The largest absolute Gasteiger partial charge is 0.493 e. The number of hydrazone groups is 1. The van der Waals surface area contributed by atoms with Gasteiger partial charge >= 0.3 is 0 Å². The number of ether oxygens (including phenoxy) is 3. The van der Waals surface area contributed by atoms with Gasteiger partial charge < -0.3 is 14.2 Å². The first kappa shape index (κ1) is 20.9. The van der Waals surface area contributed by atoms with Gasteiger partial charge in [0.25, 0.3) is 5.91 Å². The lowest BCUT2D eigenvalue weighted by Gasteiger charge is -2.10. The minimum absolute atomic E-state index is 0.335. The molecule has 1 N–H and O–H groups in total. The molecule has 0 saturated carbocycles. The first-order valence-corrected chi connectivity index (χ1v) is 9.60. The van der Waals surface area contributed by atoms with Crippen molar-refractivity contribution in [3.8, 4) is 17.2 Å². The summed E-state index contributed by atoms with van der Waals surface area (Å²) in [5.74, 6) is 1.52. The molecule has 1 amide bonds. The van der Waals surface area contributed by atoms with Crippen LogP contribution in [0.5, 0.6) is 17.2 Å². The molecule has 0 radical (unpaired) electrons. The summed E-state index contributed by atoms with van der Waals surface area (Å²) in [6, 6.07) is 22.4. The molecule has 6 heteroatoms. The van der Waals surface area contributed by atoms with Crippen molar-refractivity contribution in [2.24, 2.45) is 5.10 Å². The molecule has 0 saturated heterocycles. The van der Waals surface area contributed by atoms with Gasteiger partial charge in [0.15, 0.2) is 11.5 Å². The van der Waals surface area contributed by atoms with Crippen molar-refractivity contribution >= 4 is 12.1 Å². The lowest BCUT2D eigenvalue weighted by Crippen LogP contribution is -2.17. The molecule has 0 aliphatic carbocycles. The molecule has 0 unspecified atom stereocenters. The number of carbonyl (C=O) groups excluding carboxylic acids is 1. The Bertz CT molecular complexity index is 986. The zero-order chi connectivity index (χ0) is 21.2. The predicted octanol–water partition coefficient (Wildman–Crippen LogP) is 4.44. The average molecular weight is 404 g/mol. The maximum Gasteiger partial charge on any atom is 0.271 e. The third-order valence-electron chi connectivity index (χ3n) is 4.23. The van der Waals surface area contributed by atoms with Crippen LogP contribution in [0, 0.1) is 0 Å². The van der Waals surface area contributed by atoms with E-state index in [1.807, 2.05) is 61.5 Å². The maximum absolute atomic E-state index is 12.3. The fourth-order valence-corrected chi connectivity index (χ4v) is 2.71. The van der Waals surface area contributed by atoms with Crippen molar-refractivity contribution in [1.29, 1.82) is 0 Å². The van der Waals surface area contributed by atoms with E-state index in [0.717, 1.165) is 16.9 Å². The van der Waals surface area contributed by atoms with Crippen LogP contribution < -0.4 is 19.6 Å². The second-order valence-corrected chi connectivity index (χ2v) is 6.34. The van der Waals surface area contributed by atoms with Crippen molar-refractivity contribution < 1.29 is 19.0 Å². The van der Waals surface area contributed by atoms with Crippen LogP contribution in [0.3, 0.4) is 0 Å². The number of nitrogens with one attached hydrogen (secondary N) is 1. The zero-order valence-corrected chi connectivity index (χ0v) is 17.0. The molecule has 0 bridgehead atoms. The summed E-state index contributed by atoms with van der Waals surface area (Å²) in [7, 11) is 1.56. The molecule has 30 heavy (non-hydrogen) atoms. The van der Waals surface area contributed by atoms with E-state index in [0.29, 0.717) is 30.3 Å². The molecule has 0 aromatic heterocycles. The molecular weight excluding hydrogens is 380 g/mol. The highest BCUT2D eigenvalue weighted by molar-refractivity contribution is 5.95. The van der Waals surface area contributed by atoms with E-state index in [9.17, 15) is 4.79 Å². The standard InChI is InChI=1S/C24H24N2O4/c1-3-29-23-15-20(11-14-22(23)28-2)24(27)26-25-16-18-9-12-21(13-10-18)30-17-19-7-5-4-6-8-19/h4-16H,3,17H2,1-2H3,(H,26,27)/b25-16+. The third kappa shape index (κ3) is 5.85. The molecule has 3 aromatic carbocycles. The Morgan fingerprint density at radius 1 is 0.967 bits per heavy atom. The van der Waals surface area contributed by atoms with Gasteiger partial charge in [-0.1, -0.05) is 30.3 Å². The number of carbonyl (C=O) groups is 1. The molecule has 3 rings (SSSR count). The topological polar surface area (TPSA) is 69.2 Å².